The lowest BCUT2D eigenvalue weighted by molar-refractivity contribution is -0.143. The highest BCUT2D eigenvalue weighted by molar-refractivity contribution is 7.20. The molecule has 0 saturated heterocycles. The normalized spacial score (nSPS) is 11.4. The molecule has 2 amide bonds. The molecule has 0 unspecified atom stereocenters. The lowest BCUT2D eigenvalue weighted by Gasteiger charge is -2.31. The molecule has 164 valence electrons. The van der Waals surface area contributed by atoms with Crippen LogP contribution in [0.15, 0.2) is 48.5 Å². The Labute approximate surface area is 191 Å². The van der Waals surface area contributed by atoms with Crippen molar-refractivity contribution in [2.45, 2.75) is 19.4 Å². The van der Waals surface area contributed by atoms with E-state index in [2.05, 4.69) is 4.90 Å². The average Bonchev–Trinajstić information content (AvgIpc) is 3.17. The fourth-order valence-corrected chi connectivity index (χ4v) is 4.38. The Kier molecular flexibility index (Phi) is 6.77. The molecule has 2 N–H and O–H groups in total. The number of hydrogen-bond donors (Lipinski definition) is 1. The molecule has 0 aliphatic heterocycles. The number of fused-ring (bicyclic) bond motifs is 1. The van der Waals surface area contributed by atoms with Crippen LogP contribution in [0, 0.1) is 0 Å². The molecule has 0 aliphatic carbocycles. The predicted octanol–water partition coefficient (Wildman–Crippen LogP) is 4.41. The summed E-state index contributed by atoms with van der Waals surface area (Å²) in [7, 11) is 3.73. The van der Waals surface area contributed by atoms with Crippen LogP contribution < -0.4 is 15.4 Å². The fraction of sp³-hybridized carbons (Fsp3) is 0.304. The van der Waals surface area contributed by atoms with Crippen LogP contribution in [0.3, 0.4) is 0 Å². The first kappa shape index (κ1) is 22.9. The topological polar surface area (TPSA) is 75.9 Å². The highest BCUT2D eigenvalue weighted by Gasteiger charge is 2.32. The second-order valence-corrected chi connectivity index (χ2v) is 9.40. The highest BCUT2D eigenvalue weighted by Crippen LogP contribution is 2.33. The Hall–Kier alpha value is -2.77. The first-order valence-corrected chi connectivity index (χ1v) is 11.0. The number of amides is 2. The van der Waals surface area contributed by atoms with Crippen LogP contribution in [0.1, 0.15) is 23.5 Å². The molecule has 0 bridgehead atoms. The molecule has 0 spiro atoms. The van der Waals surface area contributed by atoms with Crippen molar-refractivity contribution in [3.05, 3.63) is 58.4 Å². The van der Waals surface area contributed by atoms with Gasteiger partial charge in [0.25, 0.3) is 11.8 Å². The maximum absolute atomic E-state index is 13.0. The van der Waals surface area contributed by atoms with Crippen molar-refractivity contribution in [1.29, 1.82) is 0 Å². The maximum atomic E-state index is 13.0. The van der Waals surface area contributed by atoms with Gasteiger partial charge in [0.2, 0.25) is 0 Å². The van der Waals surface area contributed by atoms with Crippen LogP contribution in [-0.2, 0) is 4.79 Å². The summed E-state index contributed by atoms with van der Waals surface area (Å²) >= 11 is 7.29. The van der Waals surface area contributed by atoms with Gasteiger partial charge in [-0.15, -0.1) is 11.3 Å². The van der Waals surface area contributed by atoms with Crippen molar-refractivity contribution >= 4 is 50.5 Å². The molecule has 0 radical (unpaired) electrons. The Bertz CT molecular complexity index is 1100. The number of thiophene rings is 1. The summed E-state index contributed by atoms with van der Waals surface area (Å²) in [6.07, 6.45) is 0. The maximum Gasteiger partial charge on any atom is 0.265 e. The van der Waals surface area contributed by atoms with Gasteiger partial charge in [0.05, 0.1) is 4.88 Å². The van der Waals surface area contributed by atoms with Crippen LogP contribution >= 0.6 is 22.9 Å². The second kappa shape index (κ2) is 9.16. The lowest BCUT2D eigenvalue weighted by Crippen LogP contribution is -2.49. The van der Waals surface area contributed by atoms with Gasteiger partial charge in [0, 0.05) is 48.0 Å². The van der Waals surface area contributed by atoms with Gasteiger partial charge in [0.1, 0.15) is 5.75 Å². The summed E-state index contributed by atoms with van der Waals surface area (Å²) in [6.45, 7) is 4.62. The Balaban J connectivity index is 1.66. The first-order valence-electron chi connectivity index (χ1n) is 9.82. The number of halogens is 1. The minimum Gasteiger partial charge on any atom is -0.478 e. The van der Waals surface area contributed by atoms with Crippen molar-refractivity contribution in [2.75, 3.05) is 32.1 Å². The number of carbonyl (C=O) groups is 2. The van der Waals surface area contributed by atoms with Gasteiger partial charge in [-0.3, -0.25) is 9.59 Å². The zero-order valence-electron chi connectivity index (χ0n) is 18.0. The summed E-state index contributed by atoms with van der Waals surface area (Å²) in [4.78, 5) is 28.8. The Morgan fingerprint density at radius 1 is 1.10 bits per heavy atom. The van der Waals surface area contributed by atoms with Gasteiger partial charge < -0.3 is 20.3 Å². The second-order valence-electron chi connectivity index (χ2n) is 7.88. The molecule has 3 aromatic rings. The number of rotatable bonds is 8. The third kappa shape index (κ3) is 5.29. The Morgan fingerprint density at radius 2 is 1.77 bits per heavy atom. The molecular formula is C23H26ClN3O3S. The van der Waals surface area contributed by atoms with Crippen LogP contribution in [0.4, 0.5) is 5.69 Å². The number of nitrogens with two attached hydrogens (primary N) is 1. The number of nitrogens with zero attached hydrogens (tertiary/aromatic N) is 2. The number of anilines is 1. The monoisotopic (exact) mass is 459 g/mol. The minimum atomic E-state index is -1.02. The number of ether oxygens (including phenoxy) is 1. The third-order valence-electron chi connectivity index (χ3n) is 5.01. The van der Waals surface area contributed by atoms with Crippen molar-refractivity contribution in [3.63, 3.8) is 0 Å². The van der Waals surface area contributed by atoms with E-state index in [0.29, 0.717) is 28.7 Å². The molecule has 6 nitrogen and oxygen atoms in total. The number of carbonyl (C=O) groups excluding carboxylic acids is 2. The van der Waals surface area contributed by atoms with Crippen molar-refractivity contribution in [1.82, 2.24) is 4.90 Å². The van der Waals surface area contributed by atoms with E-state index in [1.54, 1.807) is 50.1 Å². The van der Waals surface area contributed by atoms with Gasteiger partial charge in [-0.1, -0.05) is 17.7 Å². The summed E-state index contributed by atoms with van der Waals surface area (Å²) in [6, 6.07) is 14.7. The van der Waals surface area contributed by atoms with Crippen molar-refractivity contribution in [2.24, 2.45) is 5.73 Å². The minimum absolute atomic E-state index is 0.124. The van der Waals surface area contributed by atoms with Crippen LogP contribution in [0.2, 0.25) is 5.02 Å². The molecular weight excluding hydrogens is 434 g/mol. The molecule has 31 heavy (non-hydrogen) atoms. The van der Waals surface area contributed by atoms with Gasteiger partial charge in [-0.25, -0.2) is 0 Å². The van der Waals surface area contributed by atoms with Gasteiger partial charge in [-0.05, 0) is 56.3 Å². The zero-order chi connectivity index (χ0) is 22.8. The number of likely N-dealkylation sites (N-methyl/N-ethyl adjacent to an activating group) is 2. The smallest absolute Gasteiger partial charge is 0.265 e. The van der Waals surface area contributed by atoms with Crippen LogP contribution in [-0.4, -0.2) is 49.5 Å². The number of primary amides is 1. The molecule has 1 aromatic heterocycles. The third-order valence-corrected chi connectivity index (χ3v) is 6.38. The van der Waals surface area contributed by atoms with Crippen molar-refractivity contribution in [3.8, 4) is 5.75 Å². The van der Waals surface area contributed by atoms with E-state index in [1.165, 1.54) is 11.3 Å². The van der Waals surface area contributed by atoms with Gasteiger partial charge >= 0.3 is 0 Å². The quantitative estimate of drug-likeness (QED) is 0.541. The lowest BCUT2D eigenvalue weighted by atomic mass is 10.1. The fourth-order valence-electron chi connectivity index (χ4n) is 3.32. The summed E-state index contributed by atoms with van der Waals surface area (Å²) in [5.41, 5.74) is 5.40. The standard InChI is InChI=1S/C23H26ClN3O3S/c1-23(2,30-16-10-8-15(24)9-11-16)22(29)27(4)13-12-26(3)18-6-5-7-19-17(18)14-20(31-19)21(25)28/h5-11,14H,12-13H2,1-4H3,(H2,25,28). The van der Waals surface area contributed by atoms with E-state index in [-0.39, 0.29) is 5.91 Å². The average molecular weight is 460 g/mol. The van der Waals surface area contributed by atoms with E-state index in [4.69, 9.17) is 22.1 Å². The molecule has 8 heteroatoms. The highest BCUT2D eigenvalue weighted by atomic mass is 35.5. The molecule has 2 aromatic carbocycles. The van der Waals surface area contributed by atoms with E-state index in [1.807, 2.05) is 31.3 Å². The number of benzene rings is 2. The molecule has 1 heterocycles. The van der Waals surface area contributed by atoms with Crippen molar-refractivity contribution < 1.29 is 14.3 Å². The SMILES string of the molecule is CN(CCN(C)c1cccc2sc(C(N)=O)cc12)C(=O)C(C)(C)Oc1ccc(Cl)cc1. The van der Waals surface area contributed by atoms with E-state index in [0.717, 1.165) is 15.8 Å². The Morgan fingerprint density at radius 3 is 2.42 bits per heavy atom. The molecule has 0 fully saturated rings. The molecule has 0 saturated carbocycles. The number of hydrogen-bond acceptors (Lipinski definition) is 5. The van der Waals surface area contributed by atoms with Gasteiger partial charge in [-0.2, -0.15) is 0 Å². The molecule has 0 aliphatic rings. The predicted molar refractivity (Wildman–Crippen MR) is 127 cm³/mol. The van der Waals surface area contributed by atoms with Crippen LogP contribution in [0.5, 0.6) is 5.75 Å². The van der Waals surface area contributed by atoms with E-state index in [9.17, 15) is 9.59 Å². The van der Waals surface area contributed by atoms with E-state index < -0.39 is 11.5 Å². The van der Waals surface area contributed by atoms with E-state index >= 15 is 0 Å². The summed E-state index contributed by atoms with van der Waals surface area (Å²) in [5, 5.41) is 1.59. The van der Waals surface area contributed by atoms with Crippen LogP contribution in [0.25, 0.3) is 10.1 Å². The zero-order valence-corrected chi connectivity index (χ0v) is 19.6. The largest absolute Gasteiger partial charge is 0.478 e. The first-order chi connectivity index (χ1) is 14.6. The molecule has 3 rings (SSSR count). The van der Waals surface area contributed by atoms with Gasteiger partial charge in [0.15, 0.2) is 5.60 Å². The summed E-state index contributed by atoms with van der Waals surface area (Å²) in [5.74, 6) is 0.0336. The molecule has 0 atom stereocenters. The summed E-state index contributed by atoms with van der Waals surface area (Å²) < 4.78 is 6.91.